The maximum Gasteiger partial charge on any atom is 0.534 e. The summed E-state index contributed by atoms with van der Waals surface area (Å²) in [6.45, 7) is 5.82. The molecule has 0 aliphatic heterocycles. The summed E-state index contributed by atoms with van der Waals surface area (Å²) in [5.41, 5.74) is -4.83. The SMILES string of the molecule is CC(=O)O[C@H]1CCC2C3CC=C4C=C(OS(=O)(=O)C(F)(F)F)CC[C@]4(C)C3CC[C@@]21C. The van der Waals surface area contributed by atoms with Gasteiger partial charge in [0.2, 0.25) is 0 Å². The second-order valence-electron chi connectivity index (χ2n) is 10.0. The Balaban J connectivity index is 1.58. The van der Waals surface area contributed by atoms with E-state index < -0.39 is 15.6 Å². The average molecular weight is 463 g/mol. The Morgan fingerprint density at radius 3 is 2.48 bits per heavy atom. The lowest BCUT2D eigenvalue weighted by Crippen LogP contribution is -2.50. The molecule has 0 bridgehead atoms. The normalized spacial score (nSPS) is 40.1. The average Bonchev–Trinajstić information content (AvgIpc) is 2.97. The Kier molecular flexibility index (Phi) is 5.30. The minimum Gasteiger partial charge on any atom is -0.462 e. The van der Waals surface area contributed by atoms with Gasteiger partial charge in [-0.2, -0.15) is 21.6 Å². The van der Waals surface area contributed by atoms with E-state index in [2.05, 4.69) is 24.1 Å². The van der Waals surface area contributed by atoms with E-state index in [1.165, 1.54) is 13.0 Å². The van der Waals surface area contributed by atoms with Crippen molar-refractivity contribution in [3.8, 4) is 0 Å². The van der Waals surface area contributed by atoms with Crippen molar-refractivity contribution in [2.45, 2.75) is 77.3 Å². The lowest BCUT2D eigenvalue weighted by Gasteiger charge is -2.56. The van der Waals surface area contributed by atoms with Crippen molar-refractivity contribution in [2.75, 3.05) is 0 Å². The zero-order valence-electron chi connectivity index (χ0n) is 18.0. The number of halogens is 3. The van der Waals surface area contributed by atoms with Gasteiger partial charge in [-0.05, 0) is 73.3 Å². The molecule has 2 saturated carbocycles. The fraction of sp³-hybridized carbons (Fsp3) is 0.773. The molecular formula is C22H29F3O5S. The molecule has 0 N–H and O–H groups in total. The van der Waals surface area contributed by atoms with Gasteiger partial charge in [-0.1, -0.05) is 19.9 Å². The Morgan fingerprint density at radius 1 is 1.13 bits per heavy atom. The Bertz CT molecular complexity index is 937. The first-order chi connectivity index (χ1) is 14.3. The van der Waals surface area contributed by atoms with Crippen LogP contribution in [0.1, 0.15) is 65.7 Å². The smallest absolute Gasteiger partial charge is 0.462 e. The monoisotopic (exact) mass is 462 g/mol. The number of fused-ring (bicyclic) bond motifs is 5. The van der Waals surface area contributed by atoms with E-state index >= 15 is 0 Å². The summed E-state index contributed by atoms with van der Waals surface area (Å²) >= 11 is 0. The molecule has 4 aliphatic rings. The van der Waals surface area contributed by atoms with Crippen LogP contribution in [0.4, 0.5) is 13.2 Å². The van der Waals surface area contributed by atoms with Gasteiger partial charge in [-0.25, -0.2) is 0 Å². The van der Waals surface area contributed by atoms with Gasteiger partial charge in [0, 0.05) is 18.8 Å². The zero-order chi connectivity index (χ0) is 22.8. The molecule has 0 aromatic carbocycles. The molecule has 6 atom stereocenters. The number of rotatable bonds is 3. The second-order valence-corrected chi connectivity index (χ2v) is 11.5. The molecule has 0 saturated heterocycles. The predicted octanol–water partition coefficient (Wildman–Crippen LogP) is 5.24. The lowest BCUT2D eigenvalue weighted by molar-refractivity contribution is -0.156. The van der Waals surface area contributed by atoms with Crippen LogP contribution in [-0.4, -0.2) is 26.0 Å². The van der Waals surface area contributed by atoms with Crippen LogP contribution in [0.3, 0.4) is 0 Å². The van der Waals surface area contributed by atoms with Crippen LogP contribution in [0.2, 0.25) is 0 Å². The highest BCUT2D eigenvalue weighted by molar-refractivity contribution is 7.87. The highest BCUT2D eigenvalue weighted by atomic mass is 32.2. The second kappa shape index (κ2) is 7.25. The molecule has 0 aromatic heterocycles. The molecule has 9 heteroatoms. The van der Waals surface area contributed by atoms with Crippen molar-refractivity contribution in [3.63, 3.8) is 0 Å². The van der Waals surface area contributed by atoms with E-state index in [4.69, 9.17) is 4.74 Å². The summed E-state index contributed by atoms with van der Waals surface area (Å²) in [4.78, 5) is 11.6. The number of allylic oxidation sites excluding steroid dienone is 4. The van der Waals surface area contributed by atoms with Crippen LogP contribution in [0.15, 0.2) is 23.5 Å². The Labute approximate surface area is 181 Å². The summed E-state index contributed by atoms with van der Waals surface area (Å²) in [6.07, 6.45) is 8.75. The van der Waals surface area contributed by atoms with Gasteiger partial charge in [0.15, 0.2) is 0 Å². The number of carbonyl (C=O) groups excluding carboxylic acids is 1. The van der Waals surface area contributed by atoms with Gasteiger partial charge in [-0.15, -0.1) is 0 Å². The van der Waals surface area contributed by atoms with Crippen molar-refractivity contribution in [2.24, 2.45) is 28.6 Å². The van der Waals surface area contributed by atoms with Crippen LogP contribution in [0.5, 0.6) is 0 Å². The Hall–Kier alpha value is -1.51. The van der Waals surface area contributed by atoms with Crippen LogP contribution in [0.25, 0.3) is 0 Å². The Morgan fingerprint density at radius 2 is 1.84 bits per heavy atom. The van der Waals surface area contributed by atoms with E-state index in [0.717, 1.165) is 37.7 Å². The van der Waals surface area contributed by atoms with Crippen LogP contribution in [0, 0.1) is 28.6 Å². The van der Waals surface area contributed by atoms with E-state index in [1.807, 2.05) is 0 Å². The van der Waals surface area contributed by atoms with Gasteiger partial charge in [-0.3, -0.25) is 4.79 Å². The van der Waals surface area contributed by atoms with Gasteiger partial charge >= 0.3 is 21.6 Å². The quantitative estimate of drug-likeness (QED) is 0.326. The van der Waals surface area contributed by atoms with Crippen molar-refractivity contribution < 1.29 is 35.3 Å². The number of esters is 1. The summed E-state index contributed by atoms with van der Waals surface area (Å²) in [7, 11) is -5.65. The van der Waals surface area contributed by atoms with Crippen molar-refractivity contribution >= 4 is 16.1 Å². The number of hydrogen-bond acceptors (Lipinski definition) is 5. The molecule has 3 unspecified atom stereocenters. The minimum atomic E-state index is -5.65. The fourth-order valence-electron chi connectivity index (χ4n) is 6.90. The molecular weight excluding hydrogens is 433 g/mol. The molecule has 0 radical (unpaired) electrons. The van der Waals surface area contributed by atoms with E-state index in [-0.39, 0.29) is 35.1 Å². The minimum absolute atomic E-state index is 0.0475. The number of carbonyl (C=O) groups is 1. The summed E-state index contributed by atoms with van der Waals surface area (Å²) in [5, 5.41) is 0. The van der Waals surface area contributed by atoms with Crippen molar-refractivity contribution in [3.05, 3.63) is 23.5 Å². The molecule has 0 heterocycles. The standard InChI is InChI=1S/C22H29F3O5S/c1-13(26)29-19-7-6-17-16-5-4-14-12-15(30-31(27,28)22(23,24)25)8-10-20(14,2)18(16)9-11-21(17,19)3/h4,12,16-19H,5-11H2,1-3H3/t16?,17?,18?,19-,20-,21-/m0/s1. The molecule has 4 rings (SSSR count). The summed E-state index contributed by atoms with van der Waals surface area (Å²) < 4.78 is 71.0. The molecule has 0 amide bonds. The van der Waals surface area contributed by atoms with Crippen LogP contribution in [-0.2, 0) is 23.8 Å². The number of hydrogen-bond donors (Lipinski definition) is 0. The van der Waals surface area contributed by atoms with E-state index in [9.17, 15) is 26.4 Å². The van der Waals surface area contributed by atoms with Gasteiger partial charge in [0.1, 0.15) is 11.9 Å². The lowest BCUT2D eigenvalue weighted by atomic mass is 9.48. The molecule has 0 spiro atoms. The van der Waals surface area contributed by atoms with Gasteiger partial charge in [0.05, 0.1) is 0 Å². The third kappa shape index (κ3) is 3.60. The predicted molar refractivity (Wildman–Crippen MR) is 107 cm³/mol. The first-order valence-electron chi connectivity index (χ1n) is 10.9. The maximum atomic E-state index is 12.7. The van der Waals surface area contributed by atoms with Crippen LogP contribution >= 0.6 is 0 Å². The maximum absolute atomic E-state index is 12.7. The van der Waals surface area contributed by atoms with Crippen molar-refractivity contribution in [1.82, 2.24) is 0 Å². The third-order valence-electron chi connectivity index (χ3n) is 8.45. The summed E-state index contributed by atoms with van der Waals surface area (Å²) in [5.74, 6) is 0.820. The number of alkyl halides is 3. The number of ether oxygens (including phenoxy) is 1. The zero-order valence-corrected chi connectivity index (χ0v) is 18.8. The summed E-state index contributed by atoms with van der Waals surface area (Å²) in [6, 6.07) is 0. The van der Waals surface area contributed by atoms with Gasteiger partial charge < -0.3 is 8.92 Å². The molecule has 0 aromatic rings. The van der Waals surface area contributed by atoms with Crippen molar-refractivity contribution in [1.29, 1.82) is 0 Å². The topological polar surface area (TPSA) is 69.7 Å². The largest absolute Gasteiger partial charge is 0.534 e. The van der Waals surface area contributed by atoms with Crippen LogP contribution < -0.4 is 0 Å². The van der Waals surface area contributed by atoms with E-state index in [1.54, 1.807) is 0 Å². The molecule has 2 fully saturated rings. The highest BCUT2D eigenvalue weighted by Crippen LogP contribution is 2.65. The molecule has 31 heavy (non-hydrogen) atoms. The first kappa shape index (κ1) is 22.7. The third-order valence-corrected chi connectivity index (χ3v) is 9.45. The molecule has 4 aliphatic carbocycles. The fourth-order valence-corrected chi connectivity index (χ4v) is 7.41. The van der Waals surface area contributed by atoms with Gasteiger partial charge in [0.25, 0.3) is 0 Å². The highest BCUT2D eigenvalue weighted by Gasteiger charge is 2.59. The van der Waals surface area contributed by atoms with E-state index in [0.29, 0.717) is 24.2 Å². The first-order valence-corrected chi connectivity index (χ1v) is 12.3. The molecule has 5 nitrogen and oxygen atoms in total. The molecule has 174 valence electrons.